The molecule has 1 amide bonds. The van der Waals surface area contributed by atoms with Gasteiger partial charge in [-0.25, -0.2) is 0 Å². The van der Waals surface area contributed by atoms with Crippen LogP contribution in [0.3, 0.4) is 0 Å². The van der Waals surface area contributed by atoms with E-state index in [1.165, 1.54) is 0 Å². The Bertz CT molecular complexity index is 509. The van der Waals surface area contributed by atoms with Crippen molar-refractivity contribution < 1.29 is 9.53 Å². The summed E-state index contributed by atoms with van der Waals surface area (Å²) in [5, 5.41) is 3.47. The molecule has 1 saturated heterocycles. The number of hydrogen-bond donors (Lipinski definition) is 1. The van der Waals surface area contributed by atoms with Crippen LogP contribution in [0.4, 0.5) is 5.69 Å². The number of carbonyl (C=O) groups excluding carboxylic acids is 1. The van der Waals surface area contributed by atoms with Crippen LogP contribution in [-0.4, -0.2) is 43.2 Å². The van der Waals surface area contributed by atoms with E-state index in [1.807, 2.05) is 17.0 Å². The van der Waals surface area contributed by atoms with Crippen molar-refractivity contribution in [2.75, 3.05) is 25.5 Å². The molecule has 2 aliphatic rings. The molecule has 21 heavy (non-hydrogen) atoms. The van der Waals surface area contributed by atoms with Crippen molar-refractivity contribution >= 4 is 11.6 Å². The molecule has 0 radical (unpaired) electrons. The molecule has 1 fully saturated rings. The fraction of sp³-hybridized carbons (Fsp3) is 0.588. The van der Waals surface area contributed by atoms with E-state index in [-0.39, 0.29) is 11.8 Å². The van der Waals surface area contributed by atoms with Gasteiger partial charge in [0.25, 0.3) is 0 Å². The second-order valence-electron chi connectivity index (χ2n) is 6.18. The highest BCUT2D eigenvalue weighted by atomic mass is 16.5. The summed E-state index contributed by atoms with van der Waals surface area (Å²) in [7, 11) is 1.76. The standard InChI is InChI=1S/C17H24N2O2/c1-12-11-15(14-5-3-4-6-16(14)18-12)17(20)19-9-7-13(21-2)8-10-19/h3-6,12-13,15,18H,7-11H2,1-2H3. The molecule has 2 unspecified atom stereocenters. The monoisotopic (exact) mass is 288 g/mol. The molecular formula is C17H24N2O2. The van der Waals surface area contributed by atoms with E-state index in [0.717, 1.165) is 43.6 Å². The van der Waals surface area contributed by atoms with E-state index in [0.29, 0.717) is 12.1 Å². The second kappa shape index (κ2) is 6.06. The lowest BCUT2D eigenvalue weighted by molar-refractivity contribution is -0.135. The summed E-state index contributed by atoms with van der Waals surface area (Å²) in [4.78, 5) is 14.9. The van der Waals surface area contributed by atoms with Crippen LogP contribution in [0.25, 0.3) is 0 Å². The number of nitrogens with one attached hydrogen (secondary N) is 1. The van der Waals surface area contributed by atoms with Gasteiger partial charge in [-0.05, 0) is 37.8 Å². The molecule has 1 N–H and O–H groups in total. The molecule has 0 aromatic heterocycles. The quantitative estimate of drug-likeness (QED) is 0.909. The van der Waals surface area contributed by atoms with Crippen LogP contribution >= 0.6 is 0 Å². The first-order valence-electron chi connectivity index (χ1n) is 7.86. The van der Waals surface area contributed by atoms with Gasteiger partial charge in [-0.15, -0.1) is 0 Å². The zero-order chi connectivity index (χ0) is 14.8. The van der Waals surface area contributed by atoms with Gasteiger partial charge >= 0.3 is 0 Å². The fourth-order valence-electron chi connectivity index (χ4n) is 3.50. The number of hydrogen-bond acceptors (Lipinski definition) is 3. The second-order valence-corrected chi connectivity index (χ2v) is 6.18. The Morgan fingerprint density at radius 3 is 2.71 bits per heavy atom. The van der Waals surface area contributed by atoms with Crippen LogP contribution in [0.15, 0.2) is 24.3 Å². The van der Waals surface area contributed by atoms with Crippen molar-refractivity contribution in [3.8, 4) is 0 Å². The molecule has 0 saturated carbocycles. The maximum atomic E-state index is 12.9. The third-order valence-electron chi connectivity index (χ3n) is 4.71. The maximum absolute atomic E-state index is 12.9. The van der Waals surface area contributed by atoms with Crippen molar-refractivity contribution in [1.29, 1.82) is 0 Å². The molecule has 3 rings (SSSR count). The zero-order valence-corrected chi connectivity index (χ0v) is 12.8. The predicted molar refractivity (Wildman–Crippen MR) is 83.5 cm³/mol. The van der Waals surface area contributed by atoms with Gasteiger partial charge < -0.3 is 15.0 Å². The molecule has 0 aliphatic carbocycles. The molecule has 2 heterocycles. The van der Waals surface area contributed by atoms with E-state index in [4.69, 9.17) is 4.74 Å². The minimum Gasteiger partial charge on any atom is -0.382 e. The lowest BCUT2D eigenvalue weighted by Gasteiger charge is -2.37. The highest BCUT2D eigenvalue weighted by Crippen LogP contribution is 2.35. The smallest absolute Gasteiger partial charge is 0.230 e. The number of fused-ring (bicyclic) bond motifs is 1. The van der Waals surface area contributed by atoms with E-state index >= 15 is 0 Å². The molecular weight excluding hydrogens is 264 g/mol. The third kappa shape index (κ3) is 2.91. The first kappa shape index (κ1) is 14.4. The Kier molecular flexibility index (Phi) is 4.15. The van der Waals surface area contributed by atoms with Gasteiger partial charge in [0, 0.05) is 31.9 Å². The van der Waals surface area contributed by atoms with Gasteiger partial charge in [0.05, 0.1) is 12.0 Å². The molecule has 4 nitrogen and oxygen atoms in total. The highest BCUT2D eigenvalue weighted by Gasteiger charge is 2.33. The Balaban J connectivity index is 1.76. The largest absolute Gasteiger partial charge is 0.382 e. The lowest BCUT2D eigenvalue weighted by Crippen LogP contribution is -2.44. The number of para-hydroxylation sites is 1. The van der Waals surface area contributed by atoms with E-state index in [1.54, 1.807) is 7.11 Å². The van der Waals surface area contributed by atoms with Crippen molar-refractivity contribution in [2.24, 2.45) is 0 Å². The Morgan fingerprint density at radius 2 is 2.00 bits per heavy atom. The molecule has 4 heteroatoms. The van der Waals surface area contributed by atoms with Crippen molar-refractivity contribution in [3.05, 3.63) is 29.8 Å². The van der Waals surface area contributed by atoms with Gasteiger partial charge in [0.2, 0.25) is 5.91 Å². The van der Waals surface area contributed by atoms with E-state index < -0.39 is 0 Å². The molecule has 1 aromatic carbocycles. The summed E-state index contributed by atoms with van der Waals surface area (Å²) in [5.41, 5.74) is 2.26. The summed E-state index contributed by atoms with van der Waals surface area (Å²) >= 11 is 0. The number of benzene rings is 1. The van der Waals surface area contributed by atoms with Crippen LogP contribution in [0.2, 0.25) is 0 Å². The number of anilines is 1. The summed E-state index contributed by atoms with van der Waals surface area (Å²) < 4.78 is 5.39. The van der Waals surface area contributed by atoms with Crippen molar-refractivity contribution in [2.45, 2.75) is 44.2 Å². The topological polar surface area (TPSA) is 41.6 Å². The number of ether oxygens (including phenoxy) is 1. The average Bonchev–Trinajstić information content (AvgIpc) is 2.53. The number of carbonyl (C=O) groups is 1. The van der Waals surface area contributed by atoms with Crippen LogP contribution in [0.1, 0.15) is 37.7 Å². The van der Waals surface area contributed by atoms with Gasteiger partial charge in [-0.1, -0.05) is 18.2 Å². The SMILES string of the molecule is COC1CCN(C(=O)C2CC(C)Nc3ccccc32)CC1. The number of likely N-dealkylation sites (tertiary alicyclic amines) is 1. The summed E-state index contributed by atoms with van der Waals surface area (Å²) in [6.07, 6.45) is 3.09. The van der Waals surface area contributed by atoms with Crippen LogP contribution in [0.5, 0.6) is 0 Å². The number of piperidine rings is 1. The molecule has 0 spiro atoms. The third-order valence-corrected chi connectivity index (χ3v) is 4.71. The van der Waals surface area contributed by atoms with E-state index in [2.05, 4.69) is 24.4 Å². The number of rotatable bonds is 2. The maximum Gasteiger partial charge on any atom is 0.230 e. The molecule has 114 valence electrons. The highest BCUT2D eigenvalue weighted by molar-refractivity contribution is 5.86. The predicted octanol–water partition coefficient (Wildman–Crippen LogP) is 2.61. The zero-order valence-electron chi connectivity index (χ0n) is 12.8. The molecule has 1 aromatic rings. The van der Waals surface area contributed by atoms with Gasteiger partial charge in [-0.2, -0.15) is 0 Å². The Hall–Kier alpha value is -1.55. The van der Waals surface area contributed by atoms with Crippen LogP contribution in [0, 0.1) is 0 Å². The molecule has 0 bridgehead atoms. The molecule has 2 atom stereocenters. The number of nitrogens with zero attached hydrogens (tertiary/aromatic N) is 1. The van der Waals surface area contributed by atoms with Crippen molar-refractivity contribution in [3.63, 3.8) is 0 Å². The first-order chi connectivity index (χ1) is 10.2. The van der Waals surface area contributed by atoms with Crippen molar-refractivity contribution in [1.82, 2.24) is 4.90 Å². The minimum atomic E-state index is -0.00320. The summed E-state index contributed by atoms with van der Waals surface area (Å²) in [6, 6.07) is 8.54. The van der Waals surface area contributed by atoms with Gasteiger partial charge in [-0.3, -0.25) is 4.79 Å². The minimum absolute atomic E-state index is 0.00320. The normalized spacial score (nSPS) is 26.1. The van der Waals surface area contributed by atoms with Crippen LogP contribution in [-0.2, 0) is 9.53 Å². The summed E-state index contributed by atoms with van der Waals surface area (Å²) in [6.45, 7) is 3.78. The summed E-state index contributed by atoms with van der Waals surface area (Å²) in [5.74, 6) is 0.280. The Labute approximate surface area is 126 Å². The van der Waals surface area contributed by atoms with E-state index in [9.17, 15) is 4.79 Å². The first-order valence-corrected chi connectivity index (χ1v) is 7.86. The number of amides is 1. The lowest BCUT2D eigenvalue weighted by atomic mass is 9.86. The fourth-order valence-corrected chi connectivity index (χ4v) is 3.50. The van der Waals surface area contributed by atoms with Gasteiger partial charge in [0.15, 0.2) is 0 Å². The number of methoxy groups -OCH3 is 1. The Morgan fingerprint density at radius 1 is 1.29 bits per heavy atom. The van der Waals surface area contributed by atoms with Gasteiger partial charge in [0.1, 0.15) is 0 Å². The average molecular weight is 288 g/mol. The molecule has 2 aliphatic heterocycles. The van der Waals surface area contributed by atoms with Crippen LogP contribution < -0.4 is 5.32 Å².